The summed E-state index contributed by atoms with van der Waals surface area (Å²) < 4.78 is 1.01. The van der Waals surface area contributed by atoms with E-state index in [9.17, 15) is 5.11 Å². The van der Waals surface area contributed by atoms with Gasteiger partial charge in [-0.15, -0.1) is 0 Å². The fraction of sp³-hybridized carbons (Fsp3) is 0.538. The number of aliphatic hydroxyl groups excluding tert-OH is 1. The molecule has 0 bridgehead atoms. The van der Waals surface area contributed by atoms with Crippen LogP contribution in [-0.4, -0.2) is 49.3 Å². The lowest BCUT2D eigenvalue weighted by Gasteiger charge is -2.29. The number of β-amino-alcohol motifs (C(OH)–C–C–N with tert-alkyl or cyclic N) is 1. The number of anilines is 2. The Morgan fingerprint density at radius 1 is 1.50 bits per heavy atom. The number of nitrogen functional groups attached to an aromatic ring is 1. The summed E-state index contributed by atoms with van der Waals surface area (Å²) >= 11 is 3.47. The molecule has 1 aromatic carbocycles. The highest BCUT2D eigenvalue weighted by Crippen LogP contribution is 2.33. The molecule has 1 aromatic rings. The molecule has 18 heavy (non-hydrogen) atoms. The number of nitrogens with zero attached hydrogens (tertiary/aromatic N) is 2. The molecule has 1 heterocycles. The van der Waals surface area contributed by atoms with Gasteiger partial charge in [-0.25, -0.2) is 0 Å². The molecule has 2 atom stereocenters. The van der Waals surface area contributed by atoms with Gasteiger partial charge in [0, 0.05) is 23.6 Å². The van der Waals surface area contributed by atoms with Gasteiger partial charge in [0.25, 0.3) is 0 Å². The van der Waals surface area contributed by atoms with Crippen LogP contribution in [0.25, 0.3) is 0 Å². The lowest BCUT2D eigenvalue weighted by molar-refractivity contribution is 0.191. The number of benzene rings is 1. The van der Waals surface area contributed by atoms with Crippen LogP contribution in [0.4, 0.5) is 11.4 Å². The molecule has 0 aromatic heterocycles. The fourth-order valence-electron chi connectivity index (χ4n) is 2.55. The maximum absolute atomic E-state index is 9.89. The SMILES string of the molecule is CN(C)CC1CC(O)CN1c1cc(Br)ccc1N. The molecule has 4 nitrogen and oxygen atoms in total. The lowest BCUT2D eigenvalue weighted by atomic mass is 10.1. The fourth-order valence-corrected chi connectivity index (χ4v) is 2.90. The minimum absolute atomic E-state index is 0.270. The summed E-state index contributed by atoms with van der Waals surface area (Å²) in [6.07, 6.45) is 0.526. The van der Waals surface area contributed by atoms with Crippen LogP contribution in [0.5, 0.6) is 0 Å². The van der Waals surface area contributed by atoms with Gasteiger partial charge in [-0.1, -0.05) is 15.9 Å². The zero-order valence-corrected chi connectivity index (χ0v) is 12.4. The van der Waals surface area contributed by atoms with Crippen LogP contribution in [0.2, 0.25) is 0 Å². The number of hydrogen-bond donors (Lipinski definition) is 2. The largest absolute Gasteiger partial charge is 0.397 e. The van der Waals surface area contributed by atoms with Gasteiger partial charge in [0.1, 0.15) is 0 Å². The average molecular weight is 314 g/mol. The molecule has 1 aliphatic rings. The molecule has 1 fully saturated rings. The van der Waals surface area contributed by atoms with Gasteiger partial charge in [0.05, 0.1) is 17.5 Å². The van der Waals surface area contributed by atoms with E-state index in [1.54, 1.807) is 0 Å². The van der Waals surface area contributed by atoms with Crippen molar-refractivity contribution >= 4 is 27.3 Å². The third kappa shape index (κ3) is 2.96. The van der Waals surface area contributed by atoms with Gasteiger partial charge in [0.2, 0.25) is 0 Å². The maximum Gasteiger partial charge on any atom is 0.0735 e. The normalized spacial score (nSPS) is 23.9. The van der Waals surface area contributed by atoms with Gasteiger partial charge >= 0.3 is 0 Å². The van der Waals surface area contributed by atoms with E-state index in [1.807, 2.05) is 32.3 Å². The molecule has 0 aliphatic carbocycles. The van der Waals surface area contributed by atoms with Crippen molar-refractivity contribution in [3.05, 3.63) is 22.7 Å². The van der Waals surface area contributed by atoms with Crippen LogP contribution in [-0.2, 0) is 0 Å². The number of hydrogen-bond acceptors (Lipinski definition) is 4. The quantitative estimate of drug-likeness (QED) is 0.831. The molecule has 0 spiro atoms. The number of aliphatic hydroxyl groups is 1. The van der Waals surface area contributed by atoms with Gasteiger partial charge in [-0.3, -0.25) is 0 Å². The molecule has 0 radical (unpaired) electrons. The second-order valence-electron chi connectivity index (χ2n) is 5.16. The summed E-state index contributed by atoms with van der Waals surface area (Å²) in [6, 6.07) is 6.17. The zero-order chi connectivity index (χ0) is 13.3. The average Bonchev–Trinajstić information content (AvgIpc) is 2.62. The standard InChI is InChI=1S/C13H20BrN3O/c1-16(2)7-10-6-11(18)8-17(10)13-5-9(14)3-4-12(13)15/h3-5,10-11,18H,6-8,15H2,1-2H3. The number of rotatable bonds is 3. The van der Waals surface area contributed by atoms with Crippen LogP contribution in [0.1, 0.15) is 6.42 Å². The molecule has 2 rings (SSSR count). The smallest absolute Gasteiger partial charge is 0.0735 e. The van der Waals surface area contributed by atoms with Crippen LogP contribution in [0.3, 0.4) is 0 Å². The summed E-state index contributed by atoms with van der Waals surface area (Å²) in [5.41, 5.74) is 7.82. The molecule has 1 aliphatic heterocycles. The Hall–Kier alpha value is -0.780. The van der Waals surface area contributed by atoms with E-state index in [0.29, 0.717) is 12.6 Å². The highest BCUT2D eigenvalue weighted by molar-refractivity contribution is 9.10. The Morgan fingerprint density at radius 2 is 2.22 bits per heavy atom. The molecule has 5 heteroatoms. The van der Waals surface area contributed by atoms with Gasteiger partial charge < -0.3 is 20.6 Å². The minimum atomic E-state index is -0.270. The minimum Gasteiger partial charge on any atom is -0.397 e. The Kier molecular flexibility index (Phi) is 4.14. The predicted octanol–water partition coefficient (Wildman–Crippen LogP) is 1.53. The lowest BCUT2D eigenvalue weighted by Crippen LogP contribution is -2.37. The first-order valence-electron chi connectivity index (χ1n) is 6.12. The Bertz CT molecular complexity index is 425. The van der Waals surface area contributed by atoms with Gasteiger partial charge in [0.15, 0.2) is 0 Å². The van der Waals surface area contributed by atoms with Crippen LogP contribution < -0.4 is 10.6 Å². The number of halogens is 1. The third-order valence-electron chi connectivity index (χ3n) is 3.27. The first-order chi connectivity index (χ1) is 8.47. The van der Waals surface area contributed by atoms with E-state index in [1.165, 1.54) is 0 Å². The molecule has 0 amide bonds. The van der Waals surface area contributed by atoms with Crippen molar-refractivity contribution in [1.82, 2.24) is 4.90 Å². The molecular weight excluding hydrogens is 294 g/mol. The Balaban J connectivity index is 2.26. The summed E-state index contributed by atoms with van der Waals surface area (Å²) in [6.45, 7) is 1.57. The van der Waals surface area contributed by atoms with E-state index in [4.69, 9.17) is 5.73 Å². The Labute approximate surface area is 117 Å². The van der Waals surface area contributed by atoms with E-state index in [-0.39, 0.29) is 6.10 Å². The molecular formula is C13H20BrN3O. The summed E-state index contributed by atoms with van der Waals surface area (Å²) in [7, 11) is 4.10. The molecule has 0 saturated carbocycles. The van der Waals surface area contributed by atoms with Crippen molar-refractivity contribution in [3.63, 3.8) is 0 Å². The van der Waals surface area contributed by atoms with Crippen molar-refractivity contribution in [1.29, 1.82) is 0 Å². The van der Waals surface area contributed by atoms with Crippen molar-refractivity contribution in [2.24, 2.45) is 0 Å². The predicted molar refractivity (Wildman–Crippen MR) is 78.9 cm³/mol. The molecule has 2 unspecified atom stereocenters. The van der Waals surface area contributed by atoms with Crippen molar-refractivity contribution in [2.45, 2.75) is 18.6 Å². The Morgan fingerprint density at radius 3 is 2.89 bits per heavy atom. The zero-order valence-electron chi connectivity index (χ0n) is 10.8. The second-order valence-corrected chi connectivity index (χ2v) is 6.08. The van der Waals surface area contributed by atoms with E-state index in [2.05, 4.69) is 25.7 Å². The van der Waals surface area contributed by atoms with Crippen molar-refractivity contribution in [3.8, 4) is 0 Å². The first-order valence-corrected chi connectivity index (χ1v) is 6.91. The first kappa shape index (κ1) is 13.6. The monoisotopic (exact) mass is 313 g/mol. The van der Waals surface area contributed by atoms with Gasteiger partial charge in [-0.2, -0.15) is 0 Å². The van der Waals surface area contributed by atoms with E-state index in [0.717, 1.165) is 28.8 Å². The molecule has 100 valence electrons. The number of nitrogens with two attached hydrogens (primary N) is 1. The van der Waals surface area contributed by atoms with Crippen LogP contribution in [0, 0.1) is 0 Å². The van der Waals surface area contributed by atoms with Crippen molar-refractivity contribution in [2.75, 3.05) is 37.8 Å². The number of likely N-dealkylation sites (N-methyl/N-ethyl adjacent to an activating group) is 1. The van der Waals surface area contributed by atoms with E-state index >= 15 is 0 Å². The maximum atomic E-state index is 9.89. The summed E-state index contributed by atoms with van der Waals surface area (Å²) in [5, 5.41) is 9.89. The molecule has 1 saturated heterocycles. The second kappa shape index (κ2) is 5.47. The summed E-state index contributed by atoms with van der Waals surface area (Å²) in [5.74, 6) is 0. The van der Waals surface area contributed by atoms with Crippen LogP contribution in [0.15, 0.2) is 22.7 Å². The van der Waals surface area contributed by atoms with Crippen LogP contribution >= 0.6 is 15.9 Å². The van der Waals surface area contributed by atoms with Gasteiger partial charge in [-0.05, 0) is 38.7 Å². The topological polar surface area (TPSA) is 52.7 Å². The highest BCUT2D eigenvalue weighted by Gasteiger charge is 2.32. The van der Waals surface area contributed by atoms with Crippen molar-refractivity contribution < 1.29 is 5.11 Å². The highest BCUT2D eigenvalue weighted by atomic mass is 79.9. The van der Waals surface area contributed by atoms with E-state index < -0.39 is 0 Å². The summed E-state index contributed by atoms with van der Waals surface area (Å²) in [4.78, 5) is 4.36. The molecule has 3 N–H and O–H groups in total. The third-order valence-corrected chi connectivity index (χ3v) is 3.76.